The number of hydrogen-bond donors (Lipinski definition) is 2. The minimum Gasteiger partial charge on any atom is -0.384 e. The number of anilines is 1. The van der Waals surface area contributed by atoms with Crippen LogP contribution in [0.25, 0.3) is 5.69 Å². The molecule has 8 nitrogen and oxygen atoms in total. The normalized spacial score (nSPS) is 13.0. The molecule has 1 aliphatic heterocycles. The fourth-order valence-corrected chi connectivity index (χ4v) is 2.93. The van der Waals surface area contributed by atoms with E-state index >= 15 is 0 Å². The van der Waals surface area contributed by atoms with Crippen molar-refractivity contribution >= 4 is 17.6 Å². The lowest BCUT2D eigenvalue weighted by atomic mass is 10.1. The Morgan fingerprint density at radius 3 is 2.72 bits per heavy atom. The number of pyridine rings is 1. The minimum atomic E-state index is -0.607. The first-order valence-electron chi connectivity index (χ1n) is 7.51. The van der Waals surface area contributed by atoms with E-state index in [1.165, 1.54) is 4.57 Å². The maximum atomic E-state index is 12.5. The topological polar surface area (TPSA) is 112 Å². The third-order valence-electron chi connectivity index (χ3n) is 4.05. The van der Waals surface area contributed by atoms with Crippen molar-refractivity contribution < 1.29 is 9.59 Å². The van der Waals surface area contributed by atoms with Crippen LogP contribution in [0.15, 0.2) is 53.8 Å². The molecule has 124 valence electrons. The molecule has 0 aliphatic carbocycles. The molecule has 0 unspecified atom stereocenters. The van der Waals surface area contributed by atoms with E-state index in [1.807, 2.05) is 16.8 Å². The van der Waals surface area contributed by atoms with Crippen molar-refractivity contribution in [2.75, 3.05) is 5.73 Å². The number of hydrogen-bond acceptors (Lipinski definition) is 5. The Kier molecular flexibility index (Phi) is 3.24. The third-order valence-corrected chi connectivity index (χ3v) is 4.05. The summed E-state index contributed by atoms with van der Waals surface area (Å²) in [5.74, 6) is -1.25. The molecular formula is C17H13N5O3. The van der Waals surface area contributed by atoms with Gasteiger partial charge < -0.3 is 10.3 Å². The predicted molar refractivity (Wildman–Crippen MR) is 89.6 cm³/mol. The van der Waals surface area contributed by atoms with E-state index in [-0.39, 0.29) is 16.9 Å². The van der Waals surface area contributed by atoms with Gasteiger partial charge in [0.25, 0.3) is 17.4 Å². The van der Waals surface area contributed by atoms with Crippen molar-refractivity contribution in [1.29, 1.82) is 0 Å². The van der Waals surface area contributed by atoms with E-state index in [4.69, 9.17) is 5.73 Å². The summed E-state index contributed by atoms with van der Waals surface area (Å²) in [6, 6.07) is 8.36. The number of nitrogens with two attached hydrogens (primary N) is 1. The SMILES string of the molecule is Nc1c2c(cc(=O)n1-c1cccc(Cn3ccnc3)c1)C(=O)NC2=O. The average molecular weight is 335 g/mol. The van der Waals surface area contributed by atoms with E-state index in [9.17, 15) is 14.4 Å². The van der Waals surface area contributed by atoms with E-state index < -0.39 is 17.4 Å². The van der Waals surface area contributed by atoms with Crippen LogP contribution in [0.1, 0.15) is 26.3 Å². The minimum absolute atomic E-state index is 0.0123. The van der Waals surface area contributed by atoms with Crippen molar-refractivity contribution in [2.24, 2.45) is 0 Å². The zero-order valence-electron chi connectivity index (χ0n) is 13.0. The Morgan fingerprint density at radius 2 is 1.96 bits per heavy atom. The first-order valence-corrected chi connectivity index (χ1v) is 7.51. The van der Waals surface area contributed by atoms with Gasteiger partial charge in [0.1, 0.15) is 5.82 Å². The molecule has 3 N–H and O–H groups in total. The van der Waals surface area contributed by atoms with Crippen LogP contribution >= 0.6 is 0 Å². The van der Waals surface area contributed by atoms with Crippen LogP contribution in [-0.4, -0.2) is 25.9 Å². The van der Waals surface area contributed by atoms with Gasteiger partial charge in [-0.05, 0) is 17.7 Å². The lowest BCUT2D eigenvalue weighted by molar-refractivity contribution is 0.0880. The first-order chi connectivity index (χ1) is 12.0. The number of benzene rings is 1. The number of rotatable bonds is 3. The number of nitrogens with one attached hydrogen (secondary N) is 1. The number of nitrogen functional groups attached to an aromatic ring is 1. The van der Waals surface area contributed by atoms with Crippen LogP contribution in [-0.2, 0) is 6.54 Å². The number of carbonyl (C=O) groups is 2. The quantitative estimate of drug-likeness (QED) is 0.679. The van der Waals surface area contributed by atoms with Gasteiger partial charge in [-0.3, -0.25) is 24.3 Å². The molecule has 3 heterocycles. The second-order valence-corrected chi connectivity index (χ2v) is 5.68. The molecule has 4 rings (SSSR count). The highest BCUT2D eigenvalue weighted by Gasteiger charge is 2.31. The summed E-state index contributed by atoms with van der Waals surface area (Å²) in [7, 11) is 0. The summed E-state index contributed by atoms with van der Waals surface area (Å²) in [6.45, 7) is 0.576. The van der Waals surface area contributed by atoms with Gasteiger partial charge in [-0.15, -0.1) is 0 Å². The molecule has 0 saturated carbocycles. The molecule has 2 amide bonds. The number of aromatic nitrogens is 3. The van der Waals surface area contributed by atoms with Crippen molar-refractivity contribution in [2.45, 2.75) is 6.54 Å². The van der Waals surface area contributed by atoms with Crippen LogP contribution in [0.4, 0.5) is 5.82 Å². The molecule has 0 saturated heterocycles. The molecule has 1 aliphatic rings. The van der Waals surface area contributed by atoms with Gasteiger partial charge in [0.05, 0.1) is 23.1 Å². The maximum Gasteiger partial charge on any atom is 0.262 e. The van der Waals surface area contributed by atoms with Gasteiger partial charge in [0.15, 0.2) is 0 Å². The summed E-state index contributed by atoms with van der Waals surface area (Å²) < 4.78 is 3.12. The van der Waals surface area contributed by atoms with Crippen LogP contribution < -0.4 is 16.6 Å². The van der Waals surface area contributed by atoms with Crippen molar-refractivity contribution in [3.05, 3.63) is 76.1 Å². The molecule has 1 aromatic carbocycles. The molecule has 0 atom stereocenters. The van der Waals surface area contributed by atoms with Crippen LogP contribution in [0.2, 0.25) is 0 Å². The third kappa shape index (κ3) is 2.40. The van der Waals surface area contributed by atoms with Crippen molar-refractivity contribution in [3.8, 4) is 5.69 Å². The number of imide groups is 1. The van der Waals surface area contributed by atoms with Gasteiger partial charge in [0.2, 0.25) is 0 Å². The monoisotopic (exact) mass is 335 g/mol. The molecule has 0 bridgehead atoms. The number of nitrogens with zero attached hydrogens (tertiary/aromatic N) is 3. The zero-order chi connectivity index (χ0) is 17.6. The van der Waals surface area contributed by atoms with Gasteiger partial charge >= 0.3 is 0 Å². The molecule has 2 aromatic heterocycles. The highest BCUT2D eigenvalue weighted by molar-refractivity contribution is 6.23. The molecule has 0 spiro atoms. The summed E-state index contributed by atoms with van der Waals surface area (Å²) in [6.07, 6.45) is 5.21. The van der Waals surface area contributed by atoms with Gasteiger partial charge in [-0.25, -0.2) is 4.98 Å². The van der Waals surface area contributed by atoms with Gasteiger partial charge in [0, 0.05) is 25.0 Å². The second-order valence-electron chi connectivity index (χ2n) is 5.68. The predicted octanol–water partition coefficient (Wildman–Crippen LogP) is 0.548. The largest absolute Gasteiger partial charge is 0.384 e. The van der Waals surface area contributed by atoms with Crippen LogP contribution in [0, 0.1) is 0 Å². The first kappa shape index (κ1) is 14.9. The number of amides is 2. The maximum absolute atomic E-state index is 12.5. The van der Waals surface area contributed by atoms with E-state index in [1.54, 1.807) is 30.7 Å². The fraction of sp³-hybridized carbons (Fsp3) is 0.0588. The van der Waals surface area contributed by atoms with Crippen LogP contribution in [0.5, 0.6) is 0 Å². The molecule has 8 heteroatoms. The Hall–Kier alpha value is -3.68. The Morgan fingerprint density at radius 1 is 1.12 bits per heavy atom. The van der Waals surface area contributed by atoms with E-state index in [2.05, 4.69) is 10.3 Å². The van der Waals surface area contributed by atoms with E-state index in [0.717, 1.165) is 11.6 Å². The summed E-state index contributed by atoms with van der Waals surface area (Å²) >= 11 is 0. The summed E-state index contributed by atoms with van der Waals surface area (Å²) in [5, 5.41) is 2.15. The van der Waals surface area contributed by atoms with Gasteiger partial charge in [-0.1, -0.05) is 12.1 Å². The lowest BCUT2D eigenvalue weighted by Crippen LogP contribution is -2.24. The number of carbonyl (C=O) groups excluding carboxylic acids is 2. The Labute approximate surface area is 141 Å². The number of imidazole rings is 1. The molecule has 3 aromatic rings. The zero-order valence-corrected chi connectivity index (χ0v) is 13.0. The highest BCUT2D eigenvalue weighted by Crippen LogP contribution is 2.23. The molecular weight excluding hydrogens is 322 g/mol. The molecule has 0 fully saturated rings. The Balaban J connectivity index is 1.83. The smallest absolute Gasteiger partial charge is 0.262 e. The average Bonchev–Trinajstić information content (AvgIpc) is 3.16. The van der Waals surface area contributed by atoms with Crippen LogP contribution in [0.3, 0.4) is 0 Å². The molecule has 25 heavy (non-hydrogen) atoms. The fourth-order valence-electron chi connectivity index (χ4n) is 2.93. The molecule has 0 radical (unpaired) electrons. The second kappa shape index (κ2) is 5.45. The summed E-state index contributed by atoms with van der Waals surface area (Å²) in [4.78, 5) is 40.1. The number of fused-ring (bicyclic) bond motifs is 1. The van der Waals surface area contributed by atoms with Crippen molar-refractivity contribution in [3.63, 3.8) is 0 Å². The van der Waals surface area contributed by atoms with E-state index in [0.29, 0.717) is 12.2 Å². The standard InChI is InChI=1S/C17H13N5O3/c18-15-14-12(16(24)20-17(14)25)7-13(23)22(15)11-3-1-2-10(6-11)8-21-5-4-19-9-21/h1-7,9H,8,18H2,(H,20,24,25). The lowest BCUT2D eigenvalue weighted by Gasteiger charge is -2.13. The highest BCUT2D eigenvalue weighted by atomic mass is 16.2. The summed E-state index contributed by atoms with van der Waals surface area (Å²) in [5.41, 5.74) is 7.07. The Bertz CT molecular complexity index is 1070. The van der Waals surface area contributed by atoms with Crippen molar-refractivity contribution in [1.82, 2.24) is 19.4 Å². The van der Waals surface area contributed by atoms with Gasteiger partial charge in [-0.2, -0.15) is 0 Å².